The number of anilines is 1. The van der Waals surface area contributed by atoms with Crippen molar-refractivity contribution in [2.45, 2.75) is 26.8 Å². The lowest BCUT2D eigenvalue weighted by atomic mass is 10.1. The molecule has 1 saturated heterocycles. The van der Waals surface area contributed by atoms with E-state index in [4.69, 9.17) is 4.42 Å². The molecule has 3 heterocycles. The van der Waals surface area contributed by atoms with Crippen LogP contribution in [-0.2, 0) is 16.1 Å². The maximum Gasteiger partial charge on any atom is 0.227 e. The van der Waals surface area contributed by atoms with Crippen molar-refractivity contribution in [1.29, 1.82) is 0 Å². The lowest BCUT2D eigenvalue weighted by Gasteiger charge is -2.18. The van der Waals surface area contributed by atoms with Crippen LogP contribution in [0.5, 0.6) is 0 Å². The minimum Gasteiger partial charge on any atom is -0.472 e. The lowest BCUT2D eigenvalue weighted by Crippen LogP contribution is -2.32. The molecule has 0 radical (unpaired) electrons. The van der Waals surface area contributed by atoms with E-state index in [1.165, 1.54) is 5.56 Å². The number of benzene rings is 1. The van der Waals surface area contributed by atoms with Gasteiger partial charge in [0.15, 0.2) is 0 Å². The number of rotatable bonds is 5. The Balaban J connectivity index is 1.35. The van der Waals surface area contributed by atoms with Crippen LogP contribution >= 0.6 is 0 Å². The number of aromatic nitrogens is 1. The van der Waals surface area contributed by atoms with Gasteiger partial charge in [0, 0.05) is 37.0 Å². The summed E-state index contributed by atoms with van der Waals surface area (Å²) in [5.74, 6) is -0.467. The standard InChI is InChI=1S/C23H23N3O3/c1-15-3-5-20(9-16(15)2)26-13-19(10-22(26)27)23(28)25-12-17-4-6-21(24-11-17)18-7-8-29-14-18/h3-9,11,14,19H,10,12-13H2,1-2H3,(H,25,28)/t19-/m1/s1. The monoisotopic (exact) mass is 389 g/mol. The Kier molecular flexibility index (Phi) is 5.16. The number of carbonyl (C=O) groups excluding carboxylic acids is 2. The smallest absolute Gasteiger partial charge is 0.227 e. The van der Waals surface area contributed by atoms with E-state index >= 15 is 0 Å². The van der Waals surface area contributed by atoms with Crippen LogP contribution in [0.2, 0.25) is 0 Å². The highest BCUT2D eigenvalue weighted by Gasteiger charge is 2.35. The first kappa shape index (κ1) is 18.9. The Hall–Kier alpha value is -3.41. The summed E-state index contributed by atoms with van der Waals surface area (Å²) >= 11 is 0. The maximum absolute atomic E-state index is 12.6. The molecule has 4 rings (SSSR count). The van der Waals surface area contributed by atoms with Crippen molar-refractivity contribution in [3.05, 3.63) is 71.8 Å². The summed E-state index contributed by atoms with van der Waals surface area (Å²) in [5.41, 5.74) is 5.81. The van der Waals surface area contributed by atoms with Gasteiger partial charge in [-0.05, 0) is 54.8 Å². The molecule has 1 N–H and O–H groups in total. The van der Waals surface area contributed by atoms with Crippen LogP contribution in [0.4, 0.5) is 5.69 Å². The fraction of sp³-hybridized carbons (Fsp3) is 0.261. The van der Waals surface area contributed by atoms with Crippen molar-refractivity contribution in [2.24, 2.45) is 5.92 Å². The fourth-order valence-electron chi connectivity index (χ4n) is 3.47. The summed E-state index contributed by atoms with van der Waals surface area (Å²) in [6.07, 6.45) is 5.22. The molecular weight excluding hydrogens is 366 g/mol. The largest absolute Gasteiger partial charge is 0.472 e. The van der Waals surface area contributed by atoms with E-state index in [2.05, 4.69) is 10.3 Å². The minimum atomic E-state index is -0.345. The molecule has 0 aliphatic carbocycles. The van der Waals surface area contributed by atoms with Gasteiger partial charge in [-0.1, -0.05) is 12.1 Å². The molecule has 6 nitrogen and oxygen atoms in total. The molecule has 0 spiro atoms. The van der Waals surface area contributed by atoms with E-state index in [0.717, 1.165) is 28.1 Å². The van der Waals surface area contributed by atoms with E-state index < -0.39 is 0 Å². The predicted molar refractivity (Wildman–Crippen MR) is 110 cm³/mol. The van der Waals surface area contributed by atoms with Gasteiger partial charge in [0.2, 0.25) is 11.8 Å². The van der Waals surface area contributed by atoms with Gasteiger partial charge < -0.3 is 14.6 Å². The van der Waals surface area contributed by atoms with Gasteiger partial charge >= 0.3 is 0 Å². The van der Waals surface area contributed by atoms with E-state index in [0.29, 0.717) is 13.1 Å². The first-order valence-corrected chi connectivity index (χ1v) is 9.64. The van der Waals surface area contributed by atoms with E-state index in [9.17, 15) is 9.59 Å². The van der Waals surface area contributed by atoms with Crippen LogP contribution in [0, 0.1) is 19.8 Å². The molecule has 0 saturated carbocycles. The highest BCUT2D eigenvalue weighted by molar-refractivity contribution is 6.00. The molecule has 0 unspecified atom stereocenters. The molecular formula is C23H23N3O3. The number of aryl methyl sites for hydroxylation is 2. The van der Waals surface area contributed by atoms with Crippen molar-refractivity contribution < 1.29 is 14.0 Å². The van der Waals surface area contributed by atoms with E-state index in [1.54, 1.807) is 23.6 Å². The molecule has 0 bridgehead atoms. The number of carbonyl (C=O) groups is 2. The first-order chi connectivity index (χ1) is 14.0. The second kappa shape index (κ2) is 7.91. The van der Waals surface area contributed by atoms with Crippen LogP contribution in [-0.4, -0.2) is 23.3 Å². The third-order valence-corrected chi connectivity index (χ3v) is 5.41. The van der Waals surface area contributed by atoms with Crippen LogP contribution < -0.4 is 10.2 Å². The lowest BCUT2D eigenvalue weighted by molar-refractivity contribution is -0.126. The topological polar surface area (TPSA) is 75.4 Å². The highest BCUT2D eigenvalue weighted by Crippen LogP contribution is 2.27. The summed E-state index contributed by atoms with van der Waals surface area (Å²) < 4.78 is 5.07. The molecule has 3 aromatic rings. The van der Waals surface area contributed by atoms with Crippen molar-refractivity contribution in [3.63, 3.8) is 0 Å². The molecule has 1 aliphatic rings. The van der Waals surface area contributed by atoms with Crippen molar-refractivity contribution >= 4 is 17.5 Å². The minimum absolute atomic E-state index is 0.0143. The number of hydrogen-bond acceptors (Lipinski definition) is 4. The summed E-state index contributed by atoms with van der Waals surface area (Å²) in [7, 11) is 0. The molecule has 1 aromatic carbocycles. The van der Waals surface area contributed by atoms with Crippen molar-refractivity contribution in [1.82, 2.24) is 10.3 Å². The average Bonchev–Trinajstić information content (AvgIpc) is 3.39. The van der Waals surface area contributed by atoms with Crippen LogP contribution in [0.3, 0.4) is 0 Å². The number of furan rings is 1. The second-order valence-electron chi connectivity index (χ2n) is 7.46. The zero-order valence-corrected chi connectivity index (χ0v) is 16.5. The average molecular weight is 389 g/mol. The molecule has 1 fully saturated rings. The normalized spacial score (nSPS) is 16.3. The molecule has 1 atom stereocenters. The molecule has 2 amide bonds. The second-order valence-corrected chi connectivity index (χ2v) is 7.46. The number of nitrogens with zero attached hydrogens (tertiary/aromatic N) is 2. The van der Waals surface area contributed by atoms with Gasteiger partial charge in [-0.25, -0.2) is 0 Å². The quantitative estimate of drug-likeness (QED) is 0.723. The summed E-state index contributed by atoms with van der Waals surface area (Å²) in [6.45, 7) is 4.85. The summed E-state index contributed by atoms with van der Waals surface area (Å²) in [4.78, 5) is 31.1. The summed E-state index contributed by atoms with van der Waals surface area (Å²) in [6, 6.07) is 11.6. The molecule has 148 valence electrons. The number of hydrogen-bond donors (Lipinski definition) is 1. The maximum atomic E-state index is 12.6. The van der Waals surface area contributed by atoms with Gasteiger partial charge in [-0.2, -0.15) is 0 Å². The zero-order valence-electron chi connectivity index (χ0n) is 16.5. The highest BCUT2D eigenvalue weighted by atomic mass is 16.3. The fourth-order valence-corrected chi connectivity index (χ4v) is 3.47. The Labute approximate surface area is 169 Å². The van der Waals surface area contributed by atoms with Gasteiger partial charge in [0.25, 0.3) is 0 Å². The predicted octanol–water partition coefficient (Wildman–Crippen LogP) is 3.63. The molecule has 6 heteroatoms. The van der Waals surface area contributed by atoms with E-state index in [1.807, 2.05) is 50.2 Å². The Morgan fingerprint density at radius 2 is 2.07 bits per heavy atom. The Morgan fingerprint density at radius 3 is 2.76 bits per heavy atom. The van der Waals surface area contributed by atoms with Crippen LogP contribution in [0.1, 0.15) is 23.1 Å². The van der Waals surface area contributed by atoms with Crippen molar-refractivity contribution in [2.75, 3.05) is 11.4 Å². The summed E-state index contributed by atoms with van der Waals surface area (Å²) in [5, 5.41) is 2.93. The number of pyridine rings is 1. The van der Waals surface area contributed by atoms with E-state index in [-0.39, 0.29) is 24.2 Å². The SMILES string of the molecule is Cc1ccc(N2C[C@H](C(=O)NCc3ccc(-c4ccoc4)nc3)CC2=O)cc1C. The Morgan fingerprint density at radius 1 is 1.21 bits per heavy atom. The molecule has 2 aromatic heterocycles. The third kappa shape index (κ3) is 4.06. The first-order valence-electron chi connectivity index (χ1n) is 9.64. The van der Waals surface area contributed by atoms with Gasteiger partial charge in [0.1, 0.15) is 0 Å². The van der Waals surface area contributed by atoms with Crippen LogP contribution in [0.25, 0.3) is 11.3 Å². The zero-order chi connectivity index (χ0) is 20.4. The van der Waals surface area contributed by atoms with Crippen LogP contribution in [0.15, 0.2) is 59.5 Å². The van der Waals surface area contributed by atoms with Gasteiger partial charge in [-0.15, -0.1) is 0 Å². The third-order valence-electron chi connectivity index (χ3n) is 5.41. The van der Waals surface area contributed by atoms with Crippen molar-refractivity contribution in [3.8, 4) is 11.3 Å². The number of nitrogens with one attached hydrogen (secondary N) is 1. The number of amides is 2. The molecule has 29 heavy (non-hydrogen) atoms. The van der Waals surface area contributed by atoms with Gasteiger partial charge in [0.05, 0.1) is 24.1 Å². The van der Waals surface area contributed by atoms with Gasteiger partial charge in [-0.3, -0.25) is 14.6 Å². The Bertz CT molecular complexity index is 1030. The molecule has 1 aliphatic heterocycles.